The molecule has 1 saturated heterocycles. The summed E-state index contributed by atoms with van der Waals surface area (Å²) in [6.45, 7) is 5.59. The fourth-order valence-corrected chi connectivity index (χ4v) is 3.76. The first-order valence-corrected chi connectivity index (χ1v) is 10.3. The molecule has 0 unspecified atom stereocenters. The summed E-state index contributed by atoms with van der Waals surface area (Å²) in [5.41, 5.74) is 0.116. The number of halogens is 1. The predicted octanol–water partition coefficient (Wildman–Crippen LogP) is 4.34. The Hall–Kier alpha value is -3.42. The van der Waals surface area contributed by atoms with E-state index < -0.39 is 35.4 Å². The number of benzene rings is 2. The number of hydrogen-bond acceptors (Lipinski definition) is 5. The lowest BCUT2D eigenvalue weighted by Crippen LogP contribution is -2.47. The molecule has 1 heterocycles. The number of amides is 2. The summed E-state index contributed by atoms with van der Waals surface area (Å²) in [5.74, 6) is -2.27. The van der Waals surface area contributed by atoms with Crippen LogP contribution < -0.4 is 5.32 Å². The maximum absolute atomic E-state index is 14.6. The van der Waals surface area contributed by atoms with Crippen molar-refractivity contribution in [3.8, 4) is 0 Å². The minimum atomic E-state index is -0.882. The summed E-state index contributed by atoms with van der Waals surface area (Å²) >= 11 is 0. The van der Waals surface area contributed by atoms with Gasteiger partial charge in [-0.25, -0.2) is 14.0 Å². The van der Waals surface area contributed by atoms with Gasteiger partial charge in [0.2, 0.25) is 5.91 Å². The van der Waals surface area contributed by atoms with Crippen molar-refractivity contribution >= 4 is 23.7 Å². The number of anilines is 1. The van der Waals surface area contributed by atoms with Gasteiger partial charge in [-0.2, -0.15) is 0 Å². The number of methoxy groups -OCH3 is 1. The van der Waals surface area contributed by atoms with Gasteiger partial charge in [0.05, 0.1) is 18.4 Å². The standard InChI is InChI=1S/C24H27FN2O5/c1-24(2,3)32-23(30)27-13-12-17(15-8-6-5-7-9-15)20(27)21(28)26-19-11-10-16(14-18(19)25)22(29)31-4/h5-11,14,17,20H,12-13H2,1-4H3,(H,26,28)/t17-,20+/m1/s1. The van der Waals surface area contributed by atoms with Crippen LogP contribution >= 0.6 is 0 Å². The van der Waals surface area contributed by atoms with Crippen LogP contribution in [0.25, 0.3) is 0 Å². The first-order chi connectivity index (χ1) is 15.1. The zero-order valence-electron chi connectivity index (χ0n) is 18.6. The molecule has 3 rings (SSSR count). The van der Waals surface area contributed by atoms with Crippen molar-refractivity contribution < 1.29 is 28.2 Å². The monoisotopic (exact) mass is 442 g/mol. The highest BCUT2D eigenvalue weighted by molar-refractivity contribution is 5.98. The van der Waals surface area contributed by atoms with Crippen molar-refractivity contribution in [3.63, 3.8) is 0 Å². The minimum Gasteiger partial charge on any atom is -0.465 e. The van der Waals surface area contributed by atoms with E-state index in [9.17, 15) is 18.8 Å². The Balaban J connectivity index is 1.88. The number of nitrogens with one attached hydrogen (secondary N) is 1. The van der Waals surface area contributed by atoms with Crippen molar-refractivity contribution in [1.29, 1.82) is 0 Å². The molecule has 7 nitrogen and oxygen atoms in total. The zero-order valence-corrected chi connectivity index (χ0v) is 18.6. The van der Waals surface area contributed by atoms with Crippen LogP contribution in [0.5, 0.6) is 0 Å². The van der Waals surface area contributed by atoms with Gasteiger partial charge in [-0.15, -0.1) is 0 Å². The summed E-state index contributed by atoms with van der Waals surface area (Å²) in [5, 5.41) is 2.57. The normalized spacial score (nSPS) is 18.2. The van der Waals surface area contributed by atoms with Crippen LogP contribution in [-0.2, 0) is 14.3 Å². The smallest absolute Gasteiger partial charge is 0.410 e. The Bertz CT molecular complexity index is 1000. The second kappa shape index (κ2) is 9.38. The van der Waals surface area contributed by atoms with E-state index >= 15 is 0 Å². The summed E-state index contributed by atoms with van der Waals surface area (Å²) < 4.78 is 24.6. The minimum absolute atomic E-state index is 0.0291. The molecule has 32 heavy (non-hydrogen) atoms. The van der Waals surface area contributed by atoms with E-state index in [1.54, 1.807) is 20.8 Å². The van der Waals surface area contributed by atoms with Crippen LogP contribution in [0, 0.1) is 5.82 Å². The molecule has 170 valence electrons. The van der Waals surface area contributed by atoms with Gasteiger partial charge in [-0.05, 0) is 51.0 Å². The highest BCUT2D eigenvalue weighted by Crippen LogP contribution is 2.35. The van der Waals surface area contributed by atoms with E-state index in [1.807, 2.05) is 30.3 Å². The van der Waals surface area contributed by atoms with Crippen LogP contribution in [0.3, 0.4) is 0 Å². The van der Waals surface area contributed by atoms with E-state index in [0.717, 1.165) is 11.6 Å². The topological polar surface area (TPSA) is 84.9 Å². The molecule has 0 radical (unpaired) electrons. The second-order valence-corrected chi connectivity index (χ2v) is 8.60. The average Bonchev–Trinajstić information content (AvgIpc) is 3.19. The molecule has 2 atom stereocenters. The first-order valence-electron chi connectivity index (χ1n) is 10.3. The molecule has 0 bridgehead atoms. The van der Waals surface area contributed by atoms with E-state index in [0.29, 0.717) is 13.0 Å². The molecule has 0 aliphatic carbocycles. The Morgan fingerprint density at radius 1 is 1.09 bits per heavy atom. The number of likely N-dealkylation sites (tertiary alicyclic amines) is 1. The molecule has 2 aromatic rings. The fourth-order valence-electron chi connectivity index (χ4n) is 3.76. The van der Waals surface area contributed by atoms with Crippen LogP contribution in [0.1, 0.15) is 49.0 Å². The number of rotatable bonds is 4. The summed E-state index contributed by atoms with van der Waals surface area (Å²) in [7, 11) is 1.20. The predicted molar refractivity (Wildman–Crippen MR) is 117 cm³/mol. The third-order valence-electron chi connectivity index (χ3n) is 5.17. The Morgan fingerprint density at radius 2 is 1.78 bits per heavy atom. The lowest BCUT2D eigenvalue weighted by Gasteiger charge is -2.30. The summed E-state index contributed by atoms with van der Waals surface area (Å²) in [6, 6.07) is 12.2. The third kappa shape index (κ3) is 5.25. The number of carbonyl (C=O) groups is 3. The Labute approximate surface area is 186 Å². The number of nitrogens with zero attached hydrogens (tertiary/aromatic N) is 1. The molecule has 1 aliphatic rings. The van der Waals surface area contributed by atoms with Gasteiger partial charge in [-0.3, -0.25) is 9.69 Å². The van der Waals surface area contributed by atoms with Gasteiger partial charge in [0.1, 0.15) is 17.5 Å². The molecule has 2 amide bonds. The molecule has 1 N–H and O–H groups in total. The quantitative estimate of drug-likeness (QED) is 0.712. The lowest BCUT2D eigenvalue weighted by molar-refractivity contribution is -0.120. The molecule has 1 fully saturated rings. The highest BCUT2D eigenvalue weighted by Gasteiger charge is 2.44. The Kier molecular flexibility index (Phi) is 6.81. The number of esters is 1. The average molecular weight is 442 g/mol. The van der Waals surface area contributed by atoms with E-state index in [-0.39, 0.29) is 17.2 Å². The maximum atomic E-state index is 14.6. The van der Waals surface area contributed by atoms with Gasteiger partial charge in [0, 0.05) is 12.5 Å². The second-order valence-electron chi connectivity index (χ2n) is 8.60. The van der Waals surface area contributed by atoms with Gasteiger partial charge in [0.15, 0.2) is 0 Å². The van der Waals surface area contributed by atoms with E-state index in [4.69, 9.17) is 4.74 Å². The van der Waals surface area contributed by atoms with E-state index in [2.05, 4.69) is 10.1 Å². The van der Waals surface area contributed by atoms with Crippen LogP contribution in [0.4, 0.5) is 14.9 Å². The molecule has 8 heteroatoms. The van der Waals surface area contributed by atoms with Crippen molar-refractivity contribution in [2.45, 2.75) is 44.8 Å². The first kappa shape index (κ1) is 23.2. The fraction of sp³-hybridized carbons (Fsp3) is 0.375. The van der Waals surface area contributed by atoms with E-state index in [1.165, 1.54) is 24.1 Å². The van der Waals surface area contributed by atoms with Gasteiger partial charge in [0.25, 0.3) is 0 Å². The van der Waals surface area contributed by atoms with Gasteiger partial charge >= 0.3 is 12.1 Å². The van der Waals surface area contributed by atoms with Gasteiger partial charge in [-0.1, -0.05) is 30.3 Å². The highest BCUT2D eigenvalue weighted by atomic mass is 19.1. The Morgan fingerprint density at radius 3 is 2.38 bits per heavy atom. The molecule has 0 saturated carbocycles. The third-order valence-corrected chi connectivity index (χ3v) is 5.17. The summed E-state index contributed by atoms with van der Waals surface area (Å²) in [6.07, 6.45) is -0.0388. The lowest BCUT2D eigenvalue weighted by atomic mass is 9.91. The molecule has 2 aromatic carbocycles. The zero-order chi connectivity index (χ0) is 23.5. The van der Waals surface area contributed by atoms with Crippen molar-refractivity contribution in [3.05, 3.63) is 65.5 Å². The van der Waals surface area contributed by atoms with Crippen molar-refractivity contribution in [2.75, 3.05) is 19.0 Å². The SMILES string of the molecule is COC(=O)c1ccc(NC(=O)[C@@H]2[C@@H](c3ccccc3)CCN2C(=O)OC(C)(C)C)c(F)c1. The molecular formula is C24H27FN2O5. The van der Waals surface area contributed by atoms with Crippen LogP contribution in [-0.4, -0.2) is 48.2 Å². The number of carbonyl (C=O) groups excluding carboxylic acids is 3. The van der Waals surface area contributed by atoms with Crippen LogP contribution in [0.2, 0.25) is 0 Å². The van der Waals surface area contributed by atoms with Crippen LogP contribution in [0.15, 0.2) is 48.5 Å². The molecular weight excluding hydrogens is 415 g/mol. The van der Waals surface area contributed by atoms with Gasteiger partial charge < -0.3 is 14.8 Å². The van der Waals surface area contributed by atoms with Crippen molar-refractivity contribution in [1.82, 2.24) is 4.90 Å². The number of hydrogen-bond donors (Lipinski definition) is 1. The number of ether oxygens (including phenoxy) is 2. The maximum Gasteiger partial charge on any atom is 0.410 e. The molecule has 0 spiro atoms. The summed E-state index contributed by atoms with van der Waals surface area (Å²) in [4.78, 5) is 39.1. The largest absolute Gasteiger partial charge is 0.465 e. The van der Waals surface area contributed by atoms with Crippen molar-refractivity contribution in [2.24, 2.45) is 0 Å². The molecule has 0 aromatic heterocycles. The molecule has 1 aliphatic heterocycles.